The fraction of sp³-hybridized carbons (Fsp3) is 0.444. The lowest BCUT2D eigenvalue weighted by atomic mass is 9.92. The Morgan fingerprint density at radius 3 is 2.90 bits per heavy atom. The molecule has 3 heteroatoms. The molecule has 1 aliphatic rings. The minimum Gasteiger partial charge on any atom is -0.496 e. The van der Waals surface area contributed by atoms with Crippen molar-refractivity contribution in [2.75, 3.05) is 20.3 Å². The van der Waals surface area contributed by atoms with Crippen molar-refractivity contribution >= 4 is 10.8 Å². The summed E-state index contributed by atoms with van der Waals surface area (Å²) >= 11 is 0. The SMILES string of the molecule is CCNC1CCOC(c2c(OC)ccc3ccccc23)C1. The fourth-order valence-corrected chi connectivity index (χ4v) is 3.26. The summed E-state index contributed by atoms with van der Waals surface area (Å²) in [5.74, 6) is 0.927. The number of nitrogens with one attached hydrogen (secondary N) is 1. The van der Waals surface area contributed by atoms with Crippen LogP contribution < -0.4 is 10.1 Å². The molecule has 0 aliphatic carbocycles. The van der Waals surface area contributed by atoms with Crippen molar-refractivity contribution in [1.29, 1.82) is 0 Å². The van der Waals surface area contributed by atoms with Gasteiger partial charge in [-0.1, -0.05) is 37.3 Å². The van der Waals surface area contributed by atoms with E-state index in [1.807, 2.05) is 0 Å². The van der Waals surface area contributed by atoms with Gasteiger partial charge in [0.05, 0.1) is 13.2 Å². The highest BCUT2D eigenvalue weighted by atomic mass is 16.5. The molecule has 112 valence electrons. The van der Waals surface area contributed by atoms with Crippen LogP contribution in [0.1, 0.15) is 31.4 Å². The van der Waals surface area contributed by atoms with Gasteiger partial charge in [0.2, 0.25) is 0 Å². The molecule has 2 unspecified atom stereocenters. The molecular formula is C18H23NO2. The summed E-state index contributed by atoms with van der Waals surface area (Å²) in [4.78, 5) is 0. The quantitative estimate of drug-likeness (QED) is 0.929. The second-order valence-electron chi connectivity index (χ2n) is 5.54. The molecule has 1 aliphatic heterocycles. The van der Waals surface area contributed by atoms with Crippen LogP contribution >= 0.6 is 0 Å². The van der Waals surface area contributed by atoms with Gasteiger partial charge in [-0.05, 0) is 36.2 Å². The molecule has 3 rings (SSSR count). The molecule has 0 bridgehead atoms. The molecule has 2 atom stereocenters. The minimum atomic E-state index is 0.101. The molecule has 0 aromatic heterocycles. The van der Waals surface area contributed by atoms with E-state index < -0.39 is 0 Å². The van der Waals surface area contributed by atoms with E-state index in [1.54, 1.807) is 7.11 Å². The Kier molecular flexibility index (Phi) is 4.42. The van der Waals surface area contributed by atoms with E-state index in [-0.39, 0.29) is 6.10 Å². The van der Waals surface area contributed by atoms with Gasteiger partial charge in [0, 0.05) is 18.2 Å². The second kappa shape index (κ2) is 6.46. The van der Waals surface area contributed by atoms with Gasteiger partial charge in [-0.3, -0.25) is 0 Å². The minimum absolute atomic E-state index is 0.101. The Balaban J connectivity index is 2.01. The Labute approximate surface area is 126 Å². The van der Waals surface area contributed by atoms with E-state index in [2.05, 4.69) is 48.6 Å². The van der Waals surface area contributed by atoms with Crippen LogP contribution in [0.25, 0.3) is 10.8 Å². The van der Waals surface area contributed by atoms with E-state index >= 15 is 0 Å². The second-order valence-corrected chi connectivity index (χ2v) is 5.54. The van der Waals surface area contributed by atoms with Crippen molar-refractivity contribution in [3.05, 3.63) is 42.0 Å². The van der Waals surface area contributed by atoms with Crippen molar-refractivity contribution in [3.8, 4) is 5.75 Å². The highest BCUT2D eigenvalue weighted by molar-refractivity contribution is 5.88. The highest BCUT2D eigenvalue weighted by Crippen LogP contribution is 2.39. The van der Waals surface area contributed by atoms with E-state index in [1.165, 1.54) is 16.3 Å². The van der Waals surface area contributed by atoms with Crippen LogP contribution in [0.4, 0.5) is 0 Å². The smallest absolute Gasteiger partial charge is 0.125 e. The monoisotopic (exact) mass is 285 g/mol. The molecule has 1 fully saturated rings. The standard InChI is InChI=1S/C18H23NO2/c1-3-19-14-10-11-21-17(12-14)18-15-7-5-4-6-13(15)8-9-16(18)20-2/h4-9,14,17,19H,3,10-12H2,1-2H3. The van der Waals surface area contributed by atoms with Gasteiger partial charge < -0.3 is 14.8 Å². The third kappa shape index (κ3) is 2.89. The Morgan fingerprint density at radius 2 is 2.10 bits per heavy atom. The number of fused-ring (bicyclic) bond motifs is 1. The summed E-state index contributed by atoms with van der Waals surface area (Å²) in [7, 11) is 1.73. The van der Waals surface area contributed by atoms with E-state index in [9.17, 15) is 0 Å². The Bertz CT molecular complexity index is 609. The van der Waals surface area contributed by atoms with Crippen LogP contribution in [0.5, 0.6) is 5.75 Å². The highest BCUT2D eigenvalue weighted by Gasteiger charge is 2.27. The lowest BCUT2D eigenvalue weighted by Gasteiger charge is -2.31. The number of rotatable bonds is 4. The predicted octanol–water partition coefficient (Wildman–Crippen LogP) is 3.68. The summed E-state index contributed by atoms with van der Waals surface area (Å²) in [5, 5.41) is 6.02. The topological polar surface area (TPSA) is 30.5 Å². The lowest BCUT2D eigenvalue weighted by Crippen LogP contribution is -2.36. The molecule has 3 nitrogen and oxygen atoms in total. The molecule has 1 saturated heterocycles. The van der Waals surface area contributed by atoms with Crippen molar-refractivity contribution < 1.29 is 9.47 Å². The van der Waals surface area contributed by atoms with Crippen LogP contribution in [-0.4, -0.2) is 26.3 Å². The molecule has 2 aromatic carbocycles. The maximum Gasteiger partial charge on any atom is 0.125 e. The third-order valence-corrected chi connectivity index (χ3v) is 4.25. The number of ether oxygens (including phenoxy) is 2. The Morgan fingerprint density at radius 1 is 1.24 bits per heavy atom. The first-order chi connectivity index (χ1) is 10.3. The summed E-state index contributed by atoms with van der Waals surface area (Å²) < 4.78 is 11.7. The van der Waals surface area contributed by atoms with Crippen LogP contribution in [0.3, 0.4) is 0 Å². The molecule has 1 N–H and O–H groups in total. The first-order valence-electron chi connectivity index (χ1n) is 7.74. The molecule has 0 spiro atoms. The van der Waals surface area contributed by atoms with Gasteiger partial charge in [-0.15, -0.1) is 0 Å². The van der Waals surface area contributed by atoms with E-state index in [4.69, 9.17) is 9.47 Å². The average molecular weight is 285 g/mol. The van der Waals surface area contributed by atoms with Gasteiger partial charge in [-0.25, -0.2) is 0 Å². The predicted molar refractivity (Wildman–Crippen MR) is 85.9 cm³/mol. The number of hydrogen-bond acceptors (Lipinski definition) is 3. The number of hydrogen-bond donors (Lipinski definition) is 1. The molecule has 0 saturated carbocycles. The summed E-state index contributed by atoms with van der Waals surface area (Å²) in [6.45, 7) is 3.96. The molecule has 0 amide bonds. The normalized spacial score (nSPS) is 22.4. The molecule has 0 radical (unpaired) electrons. The van der Waals surface area contributed by atoms with Gasteiger partial charge in [0.25, 0.3) is 0 Å². The lowest BCUT2D eigenvalue weighted by molar-refractivity contribution is 0.000273. The van der Waals surface area contributed by atoms with Crippen molar-refractivity contribution in [3.63, 3.8) is 0 Å². The van der Waals surface area contributed by atoms with Gasteiger partial charge in [0.15, 0.2) is 0 Å². The summed E-state index contributed by atoms with van der Waals surface area (Å²) in [6.07, 6.45) is 2.18. The van der Waals surface area contributed by atoms with E-state index in [0.717, 1.165) is 31.7 Å². The maximum absolute atomic E-state index is 6.07. The molecular weight excluding hydrogens is 262 g/mol. The van der Waals surface area contributed by atoms with Crippen LogP contribution in [-0.2, 0) is 4.74 Å². The van der Waals surface area contributed by atoms with Crippen molar-refractivity contribution in [1.82, 2.24) is 5.32 Å². The summed E-state index contributed by atoms with van der Waals surface area (Å²) in [5.41, 5.74) is 1.19. The zero-order chi connectivity index (χ0) is 14.7. The van der Waals surface area contributed by atoms with Crippen LogP contribution in [0.2, 0.25) is 0 Å². The summed E-state index contributed by atoms with van der Waals surface area (Å²) in [6, 6.07) is 13.1. The number of methoxy groups -OCH3 is 1. The molecule has 21 heavy (non-hydrogen) atoms. The largest absolute Gasteiger partial charge is 0.496 e. The maximum atomic E-state index is 6.07. The van der Waals surface area contributed by atoms with Gasteiger partial charge in [-0.2, -0.15) is 0 Å². The zero-order valence-electron chi connectivity index (χ0n) is 12.8. The Hall–Kier alpha value is -1.58. The first kappa shape index (κ1) is 14.4. The third-order valence-electron chi connectivity index (χ3n) is 4.25. The van der Waals surface area contributed by atoms with Crippen molar-refractivity contribution in [2.24, 2.45) is 0 Å². The average Bonchev–Trinajstić information content (AvgIpc) is 2.54. The molecule has 1 heterocycles. The van der Waals surface area contributed by atoms with Crippen LogP contribution in [0.15, 0.2) is 36.4 Å². The zero-order valence-corrected chi connectivity index (χ0v) is 12.8. The van der Waals surface area contributed by atoms with Crippen LogP contribution in [0, 0.1) is 0 Å². The van der Waals surface area contributed by atoms with Crippen molar-refractivity contribution in [2.45, 2.75) is 31.9 Å². The van der Waals surface area contributed by atoms with Gasteiger partial charge >= 0.3 is 0 Å². The van der Waals surface area contributed by atoms with E-state index in [0.29, 0.717) is 6.04 Å². The molecule has 2 aromatic rings. The fourth-order valence-electron chi connectivity index (χ4n) is 3.26. The first-order valence-corrected chi connectivity index (χ1v) is 7.74. The van der Waals surface area contributed by atoms with Gasteiger partial charge in [0.1, 0.15) is 5.75 Å². The number of benzene rings is 2.